The van der Waals surface area contributed by atoms with Gasteiger partial charge in [-0.1, -0.05) is 36.4 Å². The van der Waals surface area contributed by atoms with Crippen molar-refractivity contribution in [3.8, 4) is 5.75 Å². The summed E-state index contributed by atoms with van der Waals surface area (Å²) in [4.78, 5) is 25.9. The first-order valence-corrected chi connectivity index (χ1v) is 7.94. The number of Topliss-reactive ketones (excluding diaryl/α,β-unsaturated/α-hetero) is 1. The summed E-state index contributed by atoms with van der Waals surface area (Å²) in [7, 11) is 0. The molecule has 3 rings (SSSR count). The normalized spacial score (nSPS) is 16.5. The number of hydrogen-bond donors (Lipinski definition) is 1. The molecule has 0 bridgehead atoms. The van der Waals surface area contributed by atoms with Gasteiger partial charge in [0.05, 0.1) is 12.6 Å². The summed E-state index contributed by atoms with van der Waals surface area (Å²) in [6, 6.07) is 11.1. The number of ketones is 1. The fourth-order valence-electron chi connectivity index (χ4n) is 2.96. The van der Waals surface area contributed by atoms with Crippen LogP contribution in [0.5, 0.6) is 5.75 Å². The lowest BCUT2D eigenvalue weighted by Crippen LogP contribution is -2.33. The molecule has 124 valence electrons. The Hall–Kier alpha value is -2.82. The Morgan fingerprint density at radius 2 is 1.96 bits per heavy atom. The molecule has 5 nitrogen and oxygen atoms in total. The van der Waals surface area contributed by atoms with Crippen LogP contribution in [-0.4, -0.2) is 26.4 Å². The second kappa shape index (κ2) is 6.74. The van der Waals surface area contributed by atoms with Crippen molar-refractivity contribution in [2.24, 2.45) is 0 Å². The monoisotopic (exact) mass is 324 g/mol. The Morgan fingerprint density at radius 3 is 2.67 bits per heavy atom. The van der Waals surface area contributed by atoms with Crippen molar-refractivity contribution in [2.45, 2.75) is 32.5 Å². The van der Waals surface area contributed by atoms with Crippen molar-refractivity contribution in [3.05, 3.63) is 76.4 Å². The molecule has 24 heavy (non-hydrogen) atoms. The molecule has 1 atom stereocenters. The molecule has 0 spiro atoms. The number of nitrogens with zero attached hydrogens (tertiary/aromatic N) is 2. The van der Waals surface area contributed by atoms with Gasteiger partial charge in [0.15, 0.2) is 11.5 Å². The number of pyridine rings is 1. The molecule has 2 heterocycles. The molecule has 2 aromatic rings. The standard InChI is InChI=1S/C19H20N2O3/c1-14(22)17-8-5-10-20(17)13-16-9-11-21(19(24)18(16)23)12-15-6-3-2-4-7-15/h2-7,9-11,17,23H,8,12-13H2,1H3. The van der Waals surface area contributed by atoms with Crippen LogP contribution in [0.3, 0.4) is 0 Å². The van der Waals surface area contributed by atoms with E-state index in [-0.39, 0.29) is 17.6 Å². The van der Waals surface area contributed by atoms with Crippen molar-refractivity contribution in [3.63, 3.8) is 0 Å². The first kappa shape index (κ1) is 16.1. The number of carbonyl (C=O) groups excluding carboxylic acids is 1. The molecule has 0 saturated carbocycles. The predicted molar refractivity (Wildman–Crippen MR) is 91.7 cm³/mol. The maximum absolute atomic E-state index is 12.4. The van der Waals surface area contributed by atoms with E-state index in [1.54, 1.807) is 19.2 Å². The topological polar surface area (TPSA) is 62.5 Å². The molecular formula is C19H20N2O3. The molecule has 0 fully saturated rings. The minimum absolute atomic E-state index is 0.0805. The van der Waals surface area contributed by atoms with E-state index in [2.05, 4.69) is 0 Å². The molecule has 1 N–H and O–H groups in total. The minimum Gasteiger partial charge on any atom is -0.503 e. The Morgan fingerprint density at radius 1 is 1.21 bits per heavy atom. The van der Waals surface area contributed by atoms with E-state index < -0.39 is 5.56 Å². The number of rotatable bonds is 5. The van der Waals surface area contributed by atoms with Gasteiger partial charge in [-0.25, -0.2) is 0 Å². The van der Waals surface area contributed by atoms with Crippen LogP contribution in [0.15, 0.2) is 59.7 Å². The maximum Gasteiger partial charge on any atom is 0.293 e. The van der Waals surface area contributed by atoms with Crippen molar-refractivity contribution < 1.29 is 9.90 Å². The Kier molecular flexibility index (Phi) is 4.51. The molecule has 1 aliphatic rings. The van der Waals surface area contributed by atoms with E-state index in [9.17, 15) is 14.7 Å². The molecule has 1 aromatic heterocycles. The largest absolute Gasteiger partial charge is 0.503 e. The van der Waals surface area contributed by atoms with Gasteiger partial charge in [0.2, 0.25) is 0 Å². The zero-order valence-corrected chi connectivity index (χ0v) is 13.6. The zero-order valence-electron chi connectivity index (χ0n) is 13.6. The van der Waals surface area contributed by atoms with E-state index in [0.717, 1.165) is 5.56 Å². The SMILES string of the molecule is CC(=O)C1CC=CN1Cc1ccn(Cc2ccccc2)c(=O)c1O. The van der Waals surface area contributed by atoms with Crippen LogP contribution in [0.4, 0.5) is 0 Å². The first-order chi connectivity index (χ1) is 11.6. The highest BCUT2D eigenvalue weighted by molar-refractivity contribution is 5.82. The van der Waals surface area contributed by atoms with Crippen molar-refractivity contribution in [1.29, 1.82) is 0 Å². The van der Waals surface area contributed by atoms with E-state index in [1.807, 2.05) is 47.5 Å². The third kappa shape index (κ3) is 3.25. The summed E-state index contributed by atoms with van der Waals surface area (Å²) in [6.45, 7) is 2.31. The Balaban J connectivity index is 1.81. The van der Waals surface area contributed by atoms with Gasteiger partial charge in [0.25, 0.3) is 5.56 Å². The summed E-state index contributed by atoms with van der Waals surface area (Å²) in [5.41, 5.74) is 1.10. The van der Waals surface area contributed by atoms with Crippen LogP contribution in [0.25, 0.3) is 0 Å². The van der Waals surface area contributed by atoms with Crippen molar-refractivity contribution in [1.82, 2.24) is 9.47 Å². The lowest BCUT2D eigenvalue weighted by molar-refractivity contribution is -0.120. The molecule has 5 heteroatoms. The van der Waals surface area contributed by atoms with E-state index in [4.69, 9.17) is 0 Å². The summed E-state index contributed by atoms with van der Waals surface area (Å²) >= 11 is 0. The van der Waals surface area contributed by atoms with Gasteiger partial charge in [-0.15, -0.1) is 0 Å². The van der Waals surface area contributed by atoms with Crippen LogP contribution < -0.4 is 5.56 Å². The Labute approximate surface area is 140 Å². The fourth-order valence-corrected chi connectivity index (χ4v) is 2.96. The average Bonchev–Trinajstić information content (AvgIpc) is 3.04. The number of benzene rings is 1. The van der Waals surface area contributed by atoms with Gasteiger partial charge in [-0.05, 0) is 31.2 Å². The summed E-state index contributed by atoms with van der Waals surface area (Å²) in [5.74, 6) is -0.173. The Bertz CT molecular complexity index is 824. The third-order valence-corrected chi connectivity index (χ3v) is 4.30. The van der Waals surface area contributed by atoms with Crippen LogP contribution in [-0.2, 0) is 17.9 Å². The van der Waals surface area contributed by atoms with Gasteiger partial charge in [0, 0.05) is 18.3 Å². The number of aromatic nitrogens is 1. The molecule has 0 radical (unpaired) electrons. The maximum atomic E-state index is 12.4. The second-order valence-corrected chi connectivity index (χ2v) is 6.03. The number of hydrogen-bond acceptors (Lipinski definition) is 4. The van der Waals surface area contributed by atoms with Crippen LogP contribution >= 0.6 is 0 Å². The van der Waals surface area contributed by atoms with E-state index in [1.165, 1.54) is 4.57 Å². The zero-order chi connectivity index (χ0) is 17.1. The highest BCUT2D eigenvalue weighted by Gasteiger charge is 2.24. The molecule has 1 aliphatic heterocycles. The van der Waals surface area contributed by atoms with Crippen LogP contribution in [0.2, 0.25) is 0 Å². The van der Waals surface area contributed by atoms with Gasteiger partial charge in [0.1, 0.15) is 0 Å². The predicted octanol–water partition coefficient (Wildman–Crippen LogP) is 2.28. The smallest absolute Gasteiger partial charge is 0.293 e. The van der Waals surface area contributed by atoms with E-state index in [0.29, 0.717) is 25.1 Å². The molecule has 0 aliphatic carbocycles. The van der Waals surface area contributed by atoms with E-state index >= 15 is 0 Å². The molecule has 1 aromatic carbocycles. The molecule has 0 saturated heterocycles. The highest BCUT2D eigenvalue weighted by Crippen LogP contribution is 2.21. The number of carbonyl (C=O) groups is 1. The van der Waals surface area contributed by atoms with Crippen molar-refractivity contribution in [2.75, 3.05) is 0 Å². The first-order valence-electron chi connectivity index (χ1n) is 7.94. The summed E-state index contributed by atoms with van der Waals surface area (Å²) in [5, 5.41) is 10.3. The summed E-state index contributed by atoms with van der Waals surface area (Å²) in [6.07, 6.45) is 6.13. The fraction of sp³-hybridized carbons (Fsp3) is 0.263. The minimum atomic E-state index is -0.418. The average molecular weight is 324 g/mol. The quantitative estimate of drug-likeness (QED) is 0.916. The number of aromatic hydroxyl groups is 1. The van der Waals surface area contributed by atoms with Gasteiger partial charge in [-0.2, -0.15) is 0 Å². The summed E-state index contributed by atoms with van der Waals surface area (Å²) < 4.78 is 1.48. The molecule has 1 unspecified atom stereocenters. The van der Waals surface area contributed by atoms with Crippen LogP contribution in [0.1, 0.15) is 24.5 Å². The van der Waals surface area contributed by atoms with Gasteiger partial charge < -0.3 is 14.6 Å². The molecule has 0 amide bonds. The van der Waals surface area contributed by atoms with Crippen LogP contribution in [0, 0.1) is 0 Å². The lowest BCUT2D eigenvalue weighted by atomic mass is 10.1. The van der Waals surface area contributed by atoms with Crippen molar-refractivity contribution >= 4 is 5.78 Å². The van der Waals surface area contributed by atoms with Gasteiger partial charge >= 0.3 is 0 Å². The highest BCUT2D eigenvalue weighted by atomic mass is 16.3. The second-order valence-electron chi connectivity index (χ2n) is 6.03. The van der Waals surface area contributed by atoms with Gasteiger partial charge in [-0.3, -0.25) is 9.59 Å². The molecular weight excluding hydrogens is 304 g/mol. The lowest BCUT2D eigenvalue weighted by Gasteiger charge is -2.24. The third-order valence-electron chi connectivity index (χ3n) is 4.30.